The molecule has 0 aliphatic heterocycles. The maximum absolute atomic E-state index is 11.5. The van der Waals surface area contributed by atoms with E-state index >= 15 is 0 Å². The largest absolute Gasteiger partial charge is 0.484 e. The lowest BCUT2D eigenvalue weighted by molar-refractivity contribution is -0.384. The number of carbonyl (C=O) groups excluding carboxylic acids is 1. The van der Waals surface area contributed by atoms with Gasteiger partial charge in [0.15, 0.2) is 6.61 Å². The number of nitrogens with zero attached hydrogens (tertiary/aromatic N) is 1. The summed E-state index contributed by atoms with van der Waals surface area (Å²) in [4.78, 5) is 21.6. The summed E-state index contributed by atoms with van der Waals surface area (Å²) < 4.78 is 5.18. The van der Waals surface area contributed by atoms with Crippen LogP contribution in [0.3, 0.4) is 0 Å². The summed E-state index contributed by atoms with van der Waals surface area (Å²) in [7, 11) is 0. The molecular formula is C13H16N2O5. The number of nitro benzene ring substituents is 1. The summed E-state index contributed by atoms with van der Waals surface area (Å²) in [5.74, 6) is -0.103. The first-order valence-corrected chi connectivity index (χ1v) is 6.35. The van der Waals surface area contributed by atoms with E-state index in [9.17, 15) is 20.0 Å². The van der Waals surface area contributed by atoms with Crippen LogP contribution in [0.25, 0.3) is 0 Å². The van der Waals surface area contributed by atoms with Crippen molar-refractivity contribution in [3.05, 3.63) is 34.4 Å². The lowest BCUT2D eigenvalue weighted by atomic mass is 9.80. The summed E-state index contributed by atoms with van der Waals surface area (Å²) in [6.45, 7) is -0.0264. The van der Waals surface area contributed by atoms with E-state index < -0.39 is 10.5 Å². The van der Waals surface area contributed by atoms with Gasteiger partial charge in [-0.2, -0.15) is 0 Å². The molecule has 1 amide bonds. The smallest absolute Gasteiger partial charge is 0.273 e. The van der Waals surface area contributed by atoms with Gasteiger partial charge in [-0.3, -0.25) is 14.9 Å². The van der Waals surface area contributed by atoms with E-state index in [2.05, 4.69) is 5.32 Å². The van der Waals surface area contributed by atoms with E-state index in [0.29, 0.717) is 12.8 Å². The number of ether oxygens (including phenoxy) is 1. The zero-order chi connectivity index (χ0) is 14.6. The van der Waals surface area contributed by atoms with Crippen LogP contribution in [0.1, 0.15) is 19.3 Å². The van der Waals surface area contributed by atoms with Crippen molar-refractivity contribution < 1.29 is 19.6 Å². The van der Waals surface area contributed by atoms with E-state index in [4.69, 9.17) is 4.74 Å². The number of nitro groups is 1. The van der Waals surface area contributed by atoms with Crippen LogP contribution < -0.4 is 10.1 Å². The highest BCUT2D eigenvalue weighted by molar-refractivity contribution is 5.77. The van der Waals surface area contributed by atoms with Crippen molar-refractivity contribution in [1.29, 1.82) is 0 Å². The minimum absolute atomic E-state index is 0.0910. The molecule has 1 aromatic carbocycles. The quantitative estimate of drug-likeness (QED) is 0.598. The van der Waals surface area contributed by atoms with Gasteiger partial charge in [0.05, 0.1) is 16.6 Å². The predicted octanol–water partition coefficient (Wildman–Crippen LogP) is 1.00. The predicted molar refractivity (Wildman–Crippen MR) is 70.4 cm³/mol. The lowest BCUT2D eigenvalue weighted by Crippen LogP contribution is -2.48. The fourth-order valence-electron chi connectivity index (χ4n) is 1.91. The molecule has 1 saturated carbocycles. The van der Waals surface area contributed by atoms with Crippen molar-refractivity contribution in [3.63, 3.8) is 0 Å². The number of rotatable bonds is 6. The topological polar surface area (TPSA) is 102 Å². The molecular weight excluding hydrogens is 264 g/mol. The Morgan fingerprint density at radius 3 is 2.85 bits per heavy atom. The Hall–Kier alpha value is -2.15. The maximum atomic E-state index is 11.5. The third kappa shape index (κ3) is 3.67. The van der Waals surface area contributed by atoms with Crippen molar-refractivity contribution in [3.8, 4) is 5.75 Å². The molecule has 0 saturated heterocycles. The molecule has 7 nitrogen and oxygen atoms in total. The Balaban J connectivity index is 1.78. The van der Waals surface area contributed by atoms with Crippen LogP contribution >= 0.6 is 0 Å². The van der Waals surface area contributed by atoms with E-state index in [-0.39, 0.29) is 30.5 Å². The molecule has 0 heterocycles. The van der Waals surface area contributed by atoms with Gasteiger partial charge in [-0.15, -0.1) is 0 Å². The van der Waals surface area contributed by atoms with Crippen LogP contribution in [0.15, 0.2) is 24.3 Å². The standard InChI is InChI=1S/C13H16N2O5/c16-12(14-9-13(17)5-2-6-13)8-20-11-4-1-3-10(7-11)15(18)19/h1,3-4,7,17H,2,5-6,8-9H2,(H,14,16). The van der Waals surface area contributed by atoms with Gasteiger partial charge in [-0.1, -0.05) is 6.07 Å². The number of benzene rings is 1. The first-order chi connectivity index (χ1) is 9.48. The third-order valence-corrected chi connectivity index (χ3v) is 3.30. The van der Waals surface area contributed by atoms with Crippen LogP contribution in [0, 0.1) is 10.1 Å². The fraction of sp³-hybridized carbons (Fsp3) is 0.462. The number of carbonyl (C=O) groups is 1. The summed E-state index contributed by atoms with van der Waals surface area (Å²) in [6.07, 6.45) is 2.36. The highest BCUT2D eigenvalue weighted by atomic mass is 16.6. The van der Waals surface area contributed by atoms with Crippen LogP contribution in [-0.2, 0) is 4.79 Å². The number of aliphatic hydroxyl groups is 1. The molecule has 1 aliphatic carbocycles. The Bertz CT molecular complexity index is 513. The van der Waals surface area contributed by atoms with Crippen molar-refractivity contribution in [2.75, 3.05) is 13.2 Å². The van der Waals surface area contributed by atoms with Gasteiger partial charge >= 0.3 is 0 Å². The Morgan fingerprint density at radius 1 is 1.50 bits per heavy atom. The molecule has 0 aromatic heterocycles. The van der Waals surface area contributed by atoms with E-state index in [1.54, 1.807) is 6.07 Å². The molecule has 2 N–H and O–H groups in total. The minimum Gasteiger partial charge on any atom is -0.484 e. The number of amides is 1. The van der Waals surface area contributed by atoms with E-state index in [0.717, 1.165) is 6.42 Å². The van der Waals surface area contributed by atoms with Gasteiger partial charge in [0.2, 0.25) is 0 Å². The van der Waals surface area contributed by atoms with Gasteiger partial charge in [-0.05, 0) is 25.3 Å². The first kappa shape index (κ1) is 14.3. The van der Waals surface area contributed by atoms with Gasteiger partial charge in [0, 0.05) is 12.6 Å². The molecule has 20 heavy (non-hydrogen) atoms. The normalized spacial score (nSPS) is 16.1. The lowest BCUT2D eigenvalue weighted by Gasteiger charge is -2.36. The van der Waals surface area contributed by atoms with Crippen molar-refractivity contribution in [1.82, 2.24) is 5.32 Å². The fourth-order valence-corrected chi connectivity index (χ4v) is 1.91. The highest BCUT2D eigenvalue weighted by Crippen LogP contribution is 2.30. The molecule has 2 rings (SSSR count). The number of nitrogens with one attached hydrogen (secondary N) is 1. The summed E-state index contributed by atoms with van der Waals surface area (Å²) in [6, 6.07) is 5.63. The molecule has 1 fully saturated rings. The molecule has 108 valence electrons. The minimum atomic E-state index is -0.777. The number of hydrogen-bond donors (Lipinski definition) is 2. The molecule has 7 heteroatoms. The van der Waals surface area contributed by atoms with Crippen LogP contribution in [0.5, 0.6) is 5.75 Å². The van der Waals surface area contributed by atoms with Gasteiger partial charge in [0.1, 0.15) is 5.75 Å². The van der Waals surface area contributed by atoms with E-state index in [1.165, 1.54) is 18.2 Å². The SMILES string of the molecule is O=C(COc1cccc([N+](=O)[O-])c1)NCC1(O)CCC1. The molecule has 0 atom stereocenters. The Labute approximate surface area is 115 Å². The maximum Gasteiger partial charge on any atom is 0.273 e. The second-order valence-electron chi connectivity index (χ2n) is 4.90. The number of non-ortho nitro benzene ring substituents is 1. The Kier molecular flexibility index (Phi) is 4.19. The van der Waals surface area contributed by atoms with Crippen LogP contribution in [0.2, 0.25) is 0 Å². The van der Waals surface area contributed by atoms with Crippen molar-refractivity contribution >= 4 is 11.6 Å². The van der Waals surface area contributed by atoms with Crippen LogP contribution in [-0.4, -0.2) is 34.7 Å². The molecule has 0 bridgehead atoms. The molecule has 1 aliphatic rings. The van der Waals surface area contributed by atoms with Crippen LogP contribution in [0.4, 0.5) is 5.69 Å². The molecule has 1 aromatic rings. The summed E-state index contributed by atoms with van der Waals surface area (Å²) in [5, 5.41) is 23.0. The zero-order valence-electron chi connectivity index (χ0n) is 10.9. The van der Waals surface area contributed by atoms with Crippen molar-refractivity contribution in [2.45, 2.75) is 24.9 Å². The second kappa shape index (κ2) is 5.87. The first-order valence-electron chi connectivity index (χ1n) is 6.35. The Morgan fingerprint density at radius 2 is 2.25 bits per heavy atom. The van der Waals surface area contributed by atoms with Gasteiger partial charge in [0.25, 0.3) is 11.6 Å². The summed E-state index contributed by atoms with van der Waals surface area (Å²) >= 11 is 0. The second-order valence-corrected chi connectivity index (χ2v) is 4.90. The average molecular weight is 280 g/mol. The molecule has 0 radical (unpaired) electrons. The summed E-state index contributed by atoms with van der Waals surface area (Å²) in [5.41, 5.74) is -0.868. The molecule has 0 unspecified atom stereocenters. The average Bonchev–Trinajstić information content (AvgIpc) is 2.41. The number of hydrogen-bond acceptors (Lipinski definition) is 5. The highest BCUT2D eigenvalue weighted by Gasteiger charge is 2.34. The van der Waals surface area contributed by atoms with Gasteiger partial charge in [-0.25, -0.2) is 0 Å². The monoisotopic (exact) mass is 280 g/mol. The van der Waals surface area contributed by atoms with E-state index in [1.807, 2.05) is 0 Å². The third-order valence-electron chi connectivity index (χ3n) is 3.30. The van der Waals surface area contributed by atoms with Crippen molar-refractivity contribution in [2.24, 2.45) is 0 Å². The zero-order valence-corrected chi connectivity index (χ0v) is 10.9. The van der Waals surface area contributed by atoms with Gasteiger partial charge < -0.3 is 15.2 Å². The molecule has 0 spiro atoms.